The quantitative estimate of drug-likeness (QED) is 0.559. The van der Waals surface area contributed by atoms with Crippen LogP contribution in [0.4, 0.5) is 5.69 Å². The van der Waals surface area contributed by atoms with Gasteiger partial charge < -0.3 is 14.5 Å². The van der Waals surface area contributed by atoms with E-state index in [0.29, 0.717) is 31.5 Å². The number of allylic oxidation sites excluding steroid dienone is 2. The van der Waals surface area contributed by atoms with Gasteiger partial charge in [-0.25, -0.2) is 0 Å². The molecule has 0 bridgehead atoms. The number of methoxy groups -OCH3 is 1. The van der Waals surface area contributed by atoms with E-state index in [2.05, 4.69) is 4.90 Å². The van der Waals surface area contributed by atoms with E-state index in [-0.39, 0.29) is 41.7 Å². The fraction of sp³-hybridized carbons (Fsp3) is 0.522. The van der Waals surface area contributed by atoms with Gasteiger partial charge in [0.25, 0.3) is 5.91 Å². The number of likely N-dealkylation sites (tertiary alicyclic amines) is 2. The van der Waals surface area contributed by atoms with Crippen LogP contribution in [-0.4, -0.2) is 73.0 Å². The Morgan fingerprint density at radius 3 is 2.17 bits per heavy atom. The van der Waals surface area contributed by atoms with Crippen molar-refractivity contribution in [3.8, 4) is 0 Å². The minimum absolute atomic E-state index is 0.0489. The van der Waals surface area contributed by atoms with Crippen molar-refractivity contribution in [3.63, 3.8) is 0 Å². The largest absolute Gasteiger partial charge is 0.380 e. The molecule has 0 saturated carbocycles. The summed E-state index contributed by atoms with van der Waals surface area (Å²) in [6.07, 6.45) is 6.56. The van der Waals surface area contributed by atoms with Crippen molar-refractivity contribution in [1.82, 2.24) is 9.80 Å². The number of hydrogen-bond acceptors (Lipinski definition) is 5. The Bertz CT molecular complexity index is 864. The Morgan fingerprint density at radius 1 is 0.967 bits per heavy atom. The number of ether oxygens (including phenoxy) is 1. The second-order valence-electron chi connectivity index (χ2n) is 8.71. The molecule has 3 amide bonds. The molecule has 3 fully saturated rings. The van der Waals surface area contributed by atoms with Gasteiger partial charge in [-0.05, 0) is 43.5 Å². The van der Waals surface area contributed by atoms with Gasteiger partial charge in [0.1, 0.15) is 0 Å². The number of anilines is 1. The molecule has 3 aliphatic heterocycles. The van der Waals surface area contributed by atoms with Crippen LogP contribution in [0.25, 0.3) is 0 Å². The van der Waals surface area contributed by atoms with Crippen LogP contribution in [0.15, 0.2) is 36.4 Å². The maximum atomic E-state index is 12.8. The summed E-state index contributed by atoms with van der Waals surface area (Å²) in [4.78, 5) is 43.6. The van der Waals surface area contributed by atoms with Crippen LogP contribution in [0.2, 0.25) is 0 Å². The first-order chi connectivity index (χ1) is 14.6. The third kappa shape index (κ3) is 3.12. The van der Waals surface area contributed by atoms with Crippen LogP contribution < -0.4 is 4.90 Å². The predicted octanol–water partition coefficient (Wildman–Crippen LogP) is 1.69. The second kappa shape index (κ2) is 7.54. The molecule has 1 aromatic rings. The van der Waals surface area contributed by atoms with Crippen LogP contribution >= 0.6 is 0 Å². The summed E-state index contributed by atoms with van der Waals surface area (Å²) in [5, 5.41) is 0. The minimum atomic E-state index is -0.205. The van der Waals surface area contributed by atoms with Crippen LogP contribution in [0, 0.1) is 11.8 Å². The number of benzene rings is 1. The van der Waals surface area contributed by atoms with E-state index in [1.54, 1.807) is 12.0 Å². The van der Waals surface area contributed by atoms with Gasteiger partial charge in [0.05, 0.1) is 24.0 Å². The minimum Gasteiger partial charge on any atom is -0.380 e. The first-order valence-electron chi connectivity index (χ1n) is 10.8. The van der Waals surface area contributed by atoms with E-state index >= 15 is 0 Å². The maximum absolute atomic E-state index is 12.8. The lowest BCUT2D eigenvalue weighted by molar-refractivity contribution is -0.145. The van der Waals surface area contributed by atoms with Crippen molar-refractivity contribution in [3.05, 3.63) is 42.0 Å². The lowest BCUT2D eigenvalue weighted by Crippen LogP contribution is -2.62. The highest BCUT2D eigenvalue weighted by Crippen LogP contribution is 2.37. The summed E-state index contributed by atoms with van der Waals surface area (Å²) in [5.41, 5.74) is 1.73. The SMILES string of the molecule is COC1CCN(c2ccc(C(=O)N3CC(N4C(=O)C5CC=CCC5C4=O)C3)cc2)C1. The van der Waals surface area contributed by atoms with Crippen LogP contribution in [0.3, 0.4) is 0 Å². The number of carbonyl (C=O) groups excluding carboxylic acids is 3. The standard InChI is InChI=1S/C23H27N3O4/c1-30-18-10-11-24(14-18)16-8-6-15(7-9-16)21(27)25-12-17(13-25)26-22(28)19-4-2-3-5-20(19)23(26)29/h2-3,6-9,17-20H,4-5,10-14H2,1H3. The molecule has 5 rings (SSSR count). The number of carbonyl (C=O) groups is 3. The average Bonchev–Trinajstić information content (AvgIpc) is 3.32. The van der Waals surface area contributed by atoms with E-state index in [1.807, 2.05) is 36.4 Å². The predicted molar refractivity (Wildman–Crippen MR) is 111 cm³/mol. The molecule has 0 radical (unpaired) electrons. The van der Waals surface area contributed by atoms with E-state index in [4.69, 9.17) is 4.74 Å². The molecule has 0 N–H and O–H groups in total. The first-order valence-corrected chi connectivity index (χ1v) is 10.8. The molecule has 1 aromatic carbocycles. The van der Waals surface area contributed by atoms with E-state index in [0.717, 1.165) is 25.2 Å². The summed E-state index contributed by atoms with van der Waals surface area (Å²) in [7, 11) is 1.74. The summed E-state index contributed by atoms with van der Waals surface area (Å²) in [5.74, 6) is -0.579. The van der Waals surface area contributed by atoms with Crippen molar-refractivity contribution in [2.75, 3.05) is 38.2 Å². The van der Waals surface area contributed by atoms with Gasteiger partial charge in [-0.15, -0.1) is 0 Å². The monoisotopic (exact) mass is 409 g/mol. The Labute approximate surface area is 176 Å². The molecule has 0 aromatic heterocycles. The molecule has 3 atom stereocenters. The molecule has 3 unspecified atom stereocenters. The molecule has 7 nitrogen and oxygen atoms in total. The van der Waals surface area contributed by atoms with E-state index < -0.39 is 0 Å². The molecule has 3 saturated heterocycles. The maximum Gasteiger partial charge on any atom is 0.253 e. The van der Waals surface area contributed by atoms with Crippen molar-refractivity contribution in [2.24, 2.45) is 11.8 Å². The fourth-order valence-electron chi connectivity index (χ4n) is 5.12. The lowest BCUT2D eigenvalue weighted by Gasteiger charge is -2.43. The molecule has 3 heterocycles. The zero-order valence-electron chi connectivity index (χ0n) is 17.2. The summed E-state index contributed by atoms with van der Waals surface area (Å²) >= 11 is 0. The number of nitrogens with zero attached hydrogens (tertiary/aromatic N) is 3. The van der Waals surface area contributed by atoms with E-state index in [9.17, 15) is 14.4 Å². The lowest BCUT2D eigenvalue weighted by atomic mass is 9.85. The summed E-state index contributed by atoms with van der Waals surface area (Å²) in [6, 6.07) is 7.49. The molecule has 30 heavy (non-hydrogen) atoms. The topological polar surface area (TPSA) is 70.2 Å². The fourth-order valence-corrected chi connectivity index (χ4v) is 5.12. The third-order valence-electron chi connectivity index (χ3n) is 7.01. The average molecular weight is 409 g/mol. The van der Waals surface area contributed by atoms with Gasteiger partial charge in [-0.1, -0.05) is 12.2 Å². The zero-order valence-corrected chi connectivity index (χ0v) is 17.2. The third-order valence-corrected chi connectivity index (χ3v) is 7.01. The Hall–Kier alpha value is -2.67. The van der Waals surface area contributed by atoms with Gasteiger partial charge in [0.2, 0.25) is 11.8 Å². The van der Waals surface area contributed by atoms with Crippen molar-refractivity contribution < 1.29 is 19.1 Å². The van der Waals surface area contributed by atoms with Gasteiger partial charge in [-0.2, -0.15) is 0 Å². The van der Waals surface area contributed by atoms with E-state index in [1.165, 1.54) is 4.90 Å². The zero-order chi connectivity index (χ0) is 20.8. The number of amides is 3. The van der Waals surface area contributed by atoms with Crippen molar-refractivity contribution >= 4 is 23.4 Å². The van der Waals surface area contributed by atoms with Gasteiger partial charge in [0, 0.05) is 44.5 Å². The smallest absolute Gasteiger partial charge is 0.253 e. The summed E-state index contributed by atoms with van der Waals surface area (Å²) < 4.78 is 5.42. The van der Waals surface area contributed by atoms with Gasteiger partial charge >= 0.3 is 0 Å². The van der Waals surface area contributed by atoms with Crippen LogP contribution in [0.1, 0.15) is 29.6 Å². The van der Waals surface area contributed by atoms with Crippen molar-refractivity contribution in [2.45, 2.75) is 31.4 Å². The van der Waals surface area contributed by atoms with Gasteiger partial charge in [0.15, 0.2) is 0 Å². The van der Waals surface area contributed by atoms with Gasteiger partial charge in [-0.3, -0.25) is 19.3 Å². The molecule has 0 spiro atoms. The molecule has 4 aliphatic rings. The van der Waals surface area contributed by atoms with Crippen LogP contribution in [-0.2, 0) is 14.3 Å². The second-order valence-corrected chi connectivity index (χ2v) is 8.71. The molecular formula is C23H27N3O4. The highest BCUT2D eigenvalue weighted by Gasteiger charge is 2.52. The number of imide groups is 1. The molecule has 158 valence electrons. The molecular weight excluding hydrogens is 382 g/mol. The highest BCUT2D eigenvalue weighted by molar-refractivity contribution is 6.06. The highest BCUT2D eigenvalue weighted by atomic mass is 16.5. The molecule has 1 aliphatic carbocycles. The summed E-state index contributed by atoms with van der Waals surface area (Å²) in [6.45, 7) is 2.67. The number of hydrogen-bond donors (Lipinski definition) is 0. The normalized spacial score (nSPS) is 28.8. The molecule has 7 heteroatoms. The Kier molecular flexibility index (Phi) is 4.85. The first kappa shape index (κ1) is 19.3. The number of rotatable bonds is 4. The van der Waals surface area contributed by atoms with Crippen LogP contribution in [0.5, 0.6) is 0 Å². The van der Waals surface area contributed by atoms with Crippen molar-refractivity contribution in [1.29, 1.82) is 0 Å². The Balaban J connectivity index is 1.19. The number of fused-ring (bicyclic) bond motifs is 1. The Morgan fingerprint density at radius 2 is 1.60 bits per heavy atom.